The Hall–Kier alpha value is -1.32. The van der Waals surface area contributed by atoms with E-state index in [9.17, 15) is 9.59 Å². The Morgan fingerprint density at radius 2 is 1.67 bits per heavy atom. The zero-order chi connectivity index (χ0) is 12.7. The van der Waals surface area contributed by atoms with E-state index < -0.39 is 12.0 Å². The molecule has 0 spiro atoms. The summed E-state index contributed by atoms with van der Waals surface area (Å²) >= 11 is 0. The van der Waals surface area contributed by atoms with Gasteiger partial charge in [-0.15, -0.1) is 0 Å². The van der Waals surface area contributed by atoms with E-state index in [1.807, 2.05) is 0 Å². The van der Waals surface area contributed by atoms with Crippen molar-refractivity contribution in [3.05, 3.63) is 11.6 Å². The molecular formula is C14H19NO3. The van der Waals surface area contributed by atoms with Crippen molar-refractivity contribution in [1.82, 2.24) is 4.90 Å². The molecule has 4 heteroatoms. The molecule has 0 radical (unpaired) electrons. The van der Waals surface area contributed by atoms with E-state index in [4.69, 9.17) is 5.11 Å². The highest BCUT2D eigenvalue weighted by Gasteiger charge is 2.38. The lowest BCUT2D eigenvalue weighted by atomic mass is 10.1. The quantitative estimate of drug-likeness (QED) is 0.773. The van der Waals surface area contributed by atoms with Crippen molar-refractivity contribution in [2.75, 3.05) is 6.54 Å². The molecular weight excluding hydrogens is 230 g/mol. The Balaban J connectivity index is 1.73. The van der Waals surface area contributed by atoms with Crippen molar-refractivity contribution in [2.45, 2.75) is 44.6 Å². The molecule has 1 saturated heterocycles. The van der Waals surface area contributed by atoms with Crippen LogP contribution in [-0.2, 0) is 9.59 Å². The molecule has 1 amide bonds. The molecule has 2 saturated carbocycles. The first-order chi connectivity index (χ1) is 8.66. The number of allylic oxidation sites excluding steroid dienone is 1. The maximum absolute atomic E-state index is 12.2. The van der Waals surface area contributed by atoms with E-state index in [1.54, 1.807) is 6.08 Å². The molecule has 0 aromatic heterocycles. The fourth-order valence-electron chi connectivity index (χ4n) is 2.92. The minimum Gasteiger partial charge on any atom is -0.480 e. The fourth-order valence-corrected chi connectivity index (χ4v) is 2.92. The minimum absolute atomic E-state index is 0.0753. The number of carboxylic acid groups (broad SMARTS) is 1. The molecule has 3 rings (SSSR count). The zero-order valence-electron chi connectivity index (χ0n) is 10.5. The van der Waals surface area contributed by atoms with Crippen molar-refractivity contribution < 1.29 is 14.7 Å². The van der Waals surface area contributed by atoms with Crippen molar-refractivity contribution in [2.24, 2.45) is 11.8 Å². The lowest BCUT2D eigenvalue weighted by Gasteiger charge is -2.20. The van der Waals surface area contributed by atoms with E-state index in [0.717, 1.165) is 6.42 Å². The summed E-state index contributed by atoms with van der Waals surface area (Å²) in [4.78, 5) is 24.8. The van der Waals surface area contributed by atoms with Gasteiger partial charge in [-0.1, -0.05) is 5.57 Å². The fraction of sp³-hybridized carbons (Fsp3) is 0.714. The summed E-state index contributed by atoms with van der Waals surface area (Å²) in [5.41, 5.74) is 1.30. The Labute approximate surface area is 107 Å². The third kappa shape index (κ3) is 2.28. The van der Waals surface area contributed by atoms with Crippen molar-refractivity contribution in [1.29, 1.82) is 0 Å². The van der Waals surface area contributed by atoms with E-state index in [1.165, 1.54) is 36.2 Å². The number of likely N-dealkylation sites (tertiary alicyclic amines) is 1. The first-order valence-electron chi connectivity index (χ1n) is 6.91. The van der Waals surface area contributed by atoms with Crippen LogP contribution in [0.1, 0.15) is 38.5 Å². The predicted octanol–water partition coefficient (Wildman–Crippen LogP) is 1.81. The highest BCUT2D eigenvalue weighted by molar-refractivity contribution is 5.92. The van der Waals surface area contributed by atoms with Gasteiger partial charge < -0.3 is 10.0 Å². The summed E-state index contributed by atoms with van der Waals surface area (Å²) in [6.07, 6.45) is 7.98. The van der Waals surface area contributed by atoms with E-state index in [-0.39, 0.29) is 5.91 Å². The SMILES string of the molecule is O=C(O)[C@@H]1CCCN1C(=O)C=C(C1CC1)C1CC1. The number of carbonyl (C=O) groups excluding carboxylic acids is 1. The molecule has 18 heavy (non-hydrogen) atoms. The summed E-state index contributed by atoms with van der Waals surface area (Å²) in [6, 6.07) is -0.603. The third-order valence-electron chi connectivity index (χ3n) is 4.21. The zero-order valence-corrected chi connectivity index (χ0v) is 10.5. The van der Waals surface area contributed by atoms with E-state index >= 15 is 0 Å². The Bertz CT molecular complexity index is 393. The molecule has 4 nitrogen and oxygen atoms in total. The normalized spacial score (nSPS) is 27.1. The molecule has 2 aliphatic carbocycles. The van der Waals surface area contributed by atoms with Gasteiger partial charge in [-0.3, -0.25) is 4.79 Å². The summed E-state index contributed by atoms with van der Waals surface area (Å²) in [5.74, 6) is 0.294. The van der Waals surface area contributed by atoms with Crippen LogP contribution in [0.4, 0.5) is 0 Å². The van der Waals surface area contributed by atoms with Crippen LogP contribution in [0.5, 0.6) is 0 Å². The second-order valence-corrected chi connectivity index (χ2v) is 5.72. The smallest absolute Gasteiger partial charge is 0.326 e. The molecule has 1 heterocycles. The van der Waals surface area contributed by atoms with Gasteiger partial charge in [0.2, 0.25) is 5.91 Å². The van der Waals surface area contributed by atoms with Crippen molar-refractivity contribution >= 4 is 11.9 Å². The van der Waals surface area contributed by atoms with Crippen LogP contribution in [-0.4, -0.2) is 34.5 Å². The molecule has 0 aromatic carbocycles. The van der Waals surface area contributed by atoms with Gasteiger partial charge in [-0.25, -0.2) is 4.79 Å². The van der Waals surface area contributed by atoms with Crippen molar-refractivity contribution in [3.8, 4) is 0 Å². The largest absolute Gasteiger partial charge is 0.480 e. The van der Waals surface area contributed by atoms with Gasteiger partial charge >= 0.3 is 5.97 Å². The molecule has 3 fully saturated rings. The number of carboxylic acids is 1. The lowest BCUT2D eigenvalue weighted by molar-refractivity contribution is -0.146. The number of hydrogen-bond acceptors (Lipinski definition) is 2. The second-order valence-electron chi connectivity index (χ2n) is 5.72. The first kappa shape index (κ1) is 11.8. The van der Waals surface area contributed by atoms with Crippen LogP contribution in [0, 0.1) is 11.8 Å². The number of hydrogen-bond donors (Lipinski definition) is 1. The highest BCUT2D eigenvalue weighted by Crippen LogP contribution is 2.48. The Kier molecular flexibility index (Phi) is 2.88. The second kappa shape index (κ2) is 4.41. The molecule has 1 N–H and O–H groups in total. The Morgan fingerprint density at radius 3 is 2.17 bits per heavy atom. The van der Waals surface area contributed by atoms with Gasteiger partial charge in [-0.2, -0.15) is 0 Å². The van der Waals surface area contributed by atoms with E-state index in [2.05, 4.69) is 0 Å². The standard InChI is InChI=1S/C14H19NO3/c16-13(15-7-1-2-12(15)14(17)18)8-11(9-3-4-9)10-5-6-10/h8-10,12H,1-7H2,(H,17,18)/t12-/m0/s1. The number of carbonyl (C=O) groups is 2. The summed E-state index contributed by atoms with van der Waals surface area (Å²) in [6.45, 7) is 0.592. The molecule has 98 valence electrons. The number of nitrogens with zero attached hydrogens (tertiary/aromatic N) is 1. The molecule has 1 aliphatic heterocycles. The summed E-state index contributed by atoms with van der Waals surface area (Å²) in [7, 11) is 0. The summed E-state index contributed by atoms with van der Waals surface area (Å²) < 4.78 is 0. The van der Waals surface area contributed by atoms with Gasteiger partial charge in [0, 0.05) is 12.6 Å². The summed E-state index contributed by atoms with van der Waals surface area (Å²) in [5, 5.41) is 9.10. The maximum Gasteiger partial charge on any atom is 0.326 e. The molecule has 0 unspecified atom stereocenters. The first-order valence-corrected chi connectivity index (χ1v) is 6.91. The van der Waals surface area contributed by atoms with Crippen LogP contribution in [0.2, 0.25) is 0 Å². The third-order valence-corrected chi connectivity index (χ3v) is 4.21. The number of amides is 1. The van der Waals surface area contributed by atoms with Gasteiger partial charge in [0.1, 0.15) is 6.04 Å². The maximum atomic E-state index is 12.2. The van der Waals surface area contributed by atoms with Crippen LogP contribution >= 0.6 is 0 Å². The van der Waals surface area contributed by atoms with Crippen LogP contribution in [0.25, 0.3) is 0 Å². The average Bonchev–Trinajstić information content (AvgIpc) is 3.24. The van der Waals surface area contributed by atoms with E-state index in [0.29, 0.717) is 24.8 Å². The van der Waals surface area contributed by atoms with Crippen LogP contribution in [0.15, 0.2) is 11.6 Å². The molecule has 3 aliphatic rings. The van der Waals surface area contributed by atoms with Gasteiger partial charge in [0.25, 0.3) is 0 Å². The molecule has 0 aromatic rings. The van der Waals surface area contributed by atoms with Crippen LogP contribution in [0.3, 0.4) is 0 Å². The number of rotatable bonds is 4. The van der Waals surface area contributed by atoms with Gasteiger partial charge in [-0.05, 0) is 50.4 Å². The average molecular weight is 249 g/mol. The highest BCUT2D eigenvalue weighted by atomic mass is 16.4. The van der Waals surface area contributed by atoms with Crippen molar-refractivity contribution in [3.63, 3.8) is 0 Å². The monoisotopic (exact) mass is 249 g/mol. The topological polar surface area (TPSA) is 57.6 Å². The van der Waals surface area contributed by atoms with Crippen LogP contribution < -0.4 is 0 Å². The lowest BCUT2D eigenvalue weighted by Crippen LogP contribution is -2.39. The molecule has 1 atom stereocenters. The predicted molar refractivity (Wildman–Crippen MR) is 65.9 cm³/mol. The molecule has 0 bridgehead atoms. The Morgan fingerprint density at radius 1 is 1.06 bits per heavy atom. The minimum atomic E-state index is -0.867. The number of aliphatic carboxylic acids is 1. The van der Waals surface area contributed by atoms with Gasteiger partial charge in [0.05, 0.1) is 0 Å². The van der Waals surface area contributed by atoms with Gasteiger partial charge in [0.15, 0.2) is 0 Å².